The van der Waals surface area contributed by atoms with Crippen LogP contribution in [-0.4, -0.2) is 23.0 Å². The van der Waals surface area contributed by atoms with Gasteiger partial charge in [0, 0.05) is 4.47 Å². The summed E-state index contributed by atoms with van der Waals surface area (Å²) in [6, 6.07) is 11.0. The molecule has 0 saturated carbocycles. The molecule has 0 aliphatic rings. The third kappa shape index (κ3) is 4.48. The van der Waals surface area contributed by atoms with E-state index >= 15 is 0 Å². The Kier molecular flexibility index (Phi) is 5.81. The van der Waals surface area contributed by atoms with Gasteiger partial charge < -0.3 is 9.84 Å². The van der Waals surface area contributed by atoms with Crippen molar-refractivity contribution in [2.45, 2.75) is 20.0 Å². The predicted molar refractivity (Wildman–Crippen MR) is 92.9 cm³/mol. The van der Waals surface area contributed by atoms with Crippen LogP contribution >= 0.6 is 15.9 Å². The number of hydrogen-bond donors (Lipinski definition) is 3. The summed E-state index contributed by atoms with van der Waals surface area (Å²) in [5.41, 5.74) is 4.92. The summed E-state index contributed by atoms with van der Waals surface area (Å²) in [6.07, 6.45) is -0.110. The molecule has 2 amide bonds. The average molecular weight is 393 g/mol. The number of halogens is 1. The maximum atomic E-state index is 12.3. The Bertz CT molecular complexity index is 762. The number of ether oxygens (including phenoxy) is 1. The van der Waals surface area contributed by atoms with Crippen molar-refractivity contribution >= 4 is 27.7 Å². The zero-order chi connectivity index (χ0) is 17.7. The molecular formula is C17H17BrN2O4. The second-order valence-electron chi connectivity index (χ2n) is 5.23. The van der Waals surface area contributed by atoms with Gasteiger partial charge in [-0.05, 0) is 44.2 Å². The van der Waals surface area contributed by atoms with Gasteiger partial charge >= 0.3 is 0 Å². The zero-order valence-corrected chi connectivity index (χ0v) is 14.8. The number of nitrogens with one attached hydrogen (secondary N) is 2. The standard InChI is InChI=1S/C17H17BrN2O4/c1-10(2)24-15-9-11(18)7-8-13(15)17(23)20-19-16(22)12-5-3-4-6-14(12)21/h3-10,21H,1-2H3,(H,19,22)(H,20,23). The molecule has 0 radical (unpaired) electrons. The highest BCUT2D eigenvalue weighted by Crippen LogP contribution is 2.24. The lowest BCUT2D eigenvalue weighted by Gasteiger charge is -2.15. The van der Waals surface area contributed by atoms with E-state index in [0.29, 0.717) is 5.75 Å². The van der Waals surface area contributed by atoms with Crippen molar-refractivity contribution in [2.24, 2.45) is 0 Å². The molecule has 0 spiro atoms. The van der Waals surface area contributed by atoms with E-state index in [1.165, 1.54) is 12.1 Å². The van der Waals surface area contributed by atoms with Crippen molar-refractivity contribution in [2.75, 3.05) is 0 Å². The number of para-hydroxylation sites is 1. The van der Waals surface area contributed by atoms with Crippen LogP contribution in [0.15, 0.2) is 46.9 Å². The highest BCUT2D eigenvalue weighted by molar-refractivity contribution is 9.10. The van der Waals surface area contributed by atoms with Crippen LogP contribution in [-0.2, 0) is 0 Å². The number of carbonyl (C=O) groups excluding carboxylic acids is 2. The van der Waals surface area contributed by atoms with Crippen LogP contribution in [0.1, 0.15) is 34.6 Å². The number of carbonyl (C=O) groups is 2. The summed E-state index contributed by atoms with van der Waals surface area (Å²) in [7, 11) is 0. The minimum Gasteiger partial charge on any atom is -0.507 e. The highest BCUT2D eigenvalue weighted by atomic mass is 79.9. The fourth-order valence-electron chi connectivity index (χ4n) is 1.95. The van der Waals surface area contributed by atoms with E-state index < -0.39 is 11.8 Å². The second-order valence-corrected chi connectivity index (χ2v) is 6.15. The van der Waals surface area contributed by atoms with Gasteiger partial charge in [0.25, 0.3) is 11.8 Å². The van der Waals surface area contributed by atoms with Gasteiger partial charge in [-0.15, -0.1) is 0 Å². The number of hydrogen-bond acceptors (Lipinski definition) is 4. The zero-order valence-electron chi connectivity index (χ0n) is 13.2. The molecule has 0 aliphatic carbocycles. The van der Waals surface area contributed by atoms with Crippen molar-refractivity contribution in [3.8, 4) is 11.5 Å². The van der Waals surface area contributed by atoms with Crippen LogP contribution in [0.4, 0.5) is 0 Å². The van der Waals surface area contributed by atoms with E-state index in [1.807, 2.05) is 13.8 Å². The first kappa shape index (κ1) is 17.8. The smallest absolute Gasteiger partial charge is 0.273 e. The molecule has 2 rings (SSSR count). The third-order valence-corrected chi connectivity index (χ3v) is 3.48. The summed E-state index contributed by atoms with van der Waals surface area (Å²) < 4.78 is 6.39. The maximum Gasteiger partial charge on any atom is 0.273 e. The van der Waals surface area contributed by atoms with Gasteiger partial charge in [-0.2, -0.15) is 0 Å². The van der Waals surface area contributed by atoms with E-state index in [9.17, 15) is 14.7 Å². The minimum atomic E-state index is -0.620. The fraction of sp³-hybridized carbons (Fsp3) is 0.176. The summed E-state index contributed by atoms with van der Waals surface area (Å²) >= 11 is 3.33. The van der Waals surface area contributed by atoms with Gasteiger partial charge in [0.15, 0.2) is 0 Å². The molecule has 0 fully saturated rings. The van der Waals surface area contributed by atoms with Gasteiger partial charge in [0.2, 0.25) is 0 Å². The van der Waals surface area contributed by atoms with E-state index in [0.717, 1.165) is 4.47 Å². The molecule has 0 heterocycles. The Hall–Kier alpha value is -2.54. The first-order valence-corrected chi connectivity index (χ1v) is 8.02. The molecule has 0 atom stereocenters. The van der Waals surface area contributed by atoms with Crippen molar-refractivity contribution in [3.63, 3.8) is 0 Å². The van der Waals surface area contributed by atoms with Gasteiger partial charge in [0.1, 0.15) is 11.5 Å². The van der Waals surface area contributed by atoms with Crippen LogP contribution in [0, 0.1) is 0 Å². The van der Waals surface area contributed by atoms with E-state index in [1.54, 1.807) is 30.3 Å². The quantitative estimate of drug-likeness (QED) is 0.697. The maximum absolute atomic E-state index is 12.3. The first-order valence-electron chi connectivity index (χ1n) is 7.23. The first-order chi connectivity index (χ1) is 11.4. The molecule has 24 heavy (non-hydrogen) atoms. The number of amides is 2. The molecule has 0 bridgehead atoms. The van der Waals surface area contributed by atoms with Gasteiger partial charge in [-0.25, -0.2) is 0 Å². The van der Waals surface area contributed by atoms with Gasteiger partial charge in [-0.1, -0.05) is 28.1 Å². The summed E-state index contributed by atoms with van der Waals surface area (Å²) in [4.78, 5) is 24.3. The summed E-state index contributed by atoms with van der Waals surface area (Å²) in [5, 5.41) is 9.64. The number of rotatable bonds is 4. The van der Waals surface area contributed by atoms with Gasteiger partial charge in [-0.3, -0.25) is 20.4 Å². The second kappa shape index (κ2) is 7.83. The molecule has 0 aromatic heterocycles. The highest BCUT2D eigenvalue weighted by Gasteiger charge is 2.16. The Balaban J connectivity index is 2.10. The summed E-state index contributed by atoms with van der Waals surface area (Å²) in [5.74, 6) is -0.919. The lowest BCUT2D eigenvalue weighted by atomic mass is 10.2. The van der Waals surface area contributed by atoms with Crippen LogP contribution in [0.25, 0.3) is 0 Å². The van der Waals surface area contributed by atoms with Crippen LogP contribution in [0.2, 0.25) is 0 Å². The van der Waals surface area contributed by atoms with Crippen LogP contribution < -0.4 is 15.6 Å². The van der Waals surface area contributed by atoms with E-state index in [-0.39, 0.29) is 23.0 Å². The number of phenols is 1. The Morgan fingerprint density at radius 3 is 2.29 bits per heavy atom. The molecule has 7 heteroatoms. The normalized spacial score (nSPS) is 10.3. The number of benzene rings is 2. The summed E-state index contributed by atoms with van der Waals surface area (Å²) in [6.45, 7) is 3.70. The van der Waals surface area contributed by atoms with Crippen molar-refractivity contribution in [1.82, 2.24) is 10.9 Å². The predicted octanol–water partition coefficient (Wildman–Crippen LogP) is 3.02. The van der Waals surface area contributed by atoms with Crippen molar-refractivity contribution in [3.05, 3.63) is 58.1 Å². The molecule has 6 nitrogen and oxygen atoms in total. The topological polar surface area (TPSA) is 87.7 Å². The molecular weight excluding hydrogens is 376 g/mol. The molecule has 2 aromatic rings. The monoisotopic (exact) mass is 392 g/mol. The SMILES string of the molecule is CC(C)Oc1cc(Br)ccc1C(=O)NNC(=O)c1ccccc1O. The largest absolute Gasteiger partial charge is 0.507 e. The van der Waals surface area contributed by atoms with Crippen molar-refractivity contribution < 1.29 is 19.4 Å². The Morgan fingerprint density at radius 1 is 1.04 bits per heavy atom. The third-order valence-electron chi connectivity index (χ3n) is 2.99. The number of aromatic hydroxyl groups is 1. The lowest BCUT2D eigenvalue weighted by molar-refractivity contribution is 0.0841. The van der Waals surface area contributed by atoms with E-state index in [2.05, 4.69) is 26.8 Å². The van der Waals surface area contributed by atoms with Crippen LogP contribution in [0.5, 0.6) is 11.5 Å². The van der Waals surface area contributed by atoms with Gasteiger partial charge in [0.05, 0.1) is 17.2 Å². The Labute approximate surface area is 147 Å². The minimum absolute atomic E-state index is 0.0623. The molecule has 0 unspecified atom stereocenters. The van der Waals surface area contributed by atoms with E-state index in [4.69, 9.17) is 4.74 Å². The lowest BCUT2D eigenvalue weighted by Crippen LogP contribution is -2.41. The van der Waals surface area contributed by atoms with Crippen LogP contribution in [0.3, 0.4) is 0 Å². The molecule has 2 aromatic carbocycles. The molecule has 0 saturated heterocycles. The molecule has 126 valence electrons. The Morgan fingerprint density at radius 2 is 1.67 bits per heavy atom. The number of phenolic OH excluding ortho intramolecular Hbond substituents is 1. The number of hydrazine groups is 1. The molecule has 3 N–H and O–H groups in total. The van der Waals surface area contributed by atoms with Crippen molar-refractivity contribution in [1.29, 1.82) is 0 Å². The molecule has 0 aliphatic heterocycles. The fourth-order valence-corrected chi connectivity index (χ4v) is 2.29. The average Bonchev–Trinajstić information content (AvgIpc) is 2.52.